The van der Waals surface area contributed by atoms with Crippen molar-refractivity contribution in [3.05, 3.63) is 77.1 Å². The molecule has 1 atom stereocenters. The third kappa shape index (κ3) is 4.78. The molecule has 0 spiro atoms. The summed E-state index contributed by atoms with van der Waals surface area (Å²) < 4.78 is 7.28. The highest BCUT2D eigenvalue weighted by Gasteiger charge is 2.19. The van der Waals surface area contributed by atoms with Crippen molar-refractivity contribution in [2.45, 2.75) is 19.9 Å². The summed E-state index contributed by atoms with van der Waals surface area (Å²) in [5.74, 6) is -0.0315. The first-order chi connectivity index (χ1) is 13.9. The number of benzene rings is 2. The molecule has 1 heterocycles. The number of hydrogen-bond acceptors (Lipinski definition) is 3. The number of aromatic nitrogens is 1. The third-order valence-corrected chi connectivity index (χ3v) is 4.75. The molecule has 0 bridgehead atoms. The molecular weight excluding hydrogens is 390 g/mol. The minimum absolute atomic E-state index is 0.152. The van der Waals surface area contributed by atoms with Crippen molar-refractivity contribution in [3.63, 3.8) is 0 Å². The van der Waals surface area contributed by atoms with Crippen molar-refractivity contribution in [1.29, 1.82) is 0 Å². The fourth-order valence-corrected chi connectivity index (χ4v) is 3.29. The summed E-state index contributed by atoms with van der Waals surface area (Å²) in [5.41, 5.74) is 2.60. The van der Waals surface area contributed by atoms with E-state index in [4.69, 9.17) is 16.3 Å². The van der Waals surface area contributed by atoms with E-state index in [1.54, 1.807) is 18.2 Å². The zero-order chi connectivity index (χ0) is 21.0. The first-order valence-corrected chi connectivity index (χ1v) is 9.46. The van der Waals surface area contributed by atoms with Gasteiger partial charge in [0, 0.05) is 31.1 Å². The van der Waals surface area contributed by atoms with Crippen molar-refractivity contribution in [2.75, 3.05) is 12.4 Å². The van der Waals surface area contributed by atoms with E-state index in [1.807, 2.05) is 54.2 Å². The molecule has 150 valence electrons. The lowest BCUT2D eigenvalue weighted by molar-refractivity contribution is -0.114. The number of ether oxygens (including phenoxy) is 1. The van der Waals surface area contributed by atoms with Crippen molar-refractivity contribution in [1.82, 2.24) is 9.88 Å². The van der Waals surface area contributed by atoms with Gasteiger partial charge in [-0.3, -0.25) is 9.59 Å². The summed E-state index contributed by atoms with van der Waals surface area (Å²) in [6, 6.07) is 14.2. The van der Waals surface area contributed by atoms with E-state index in [0.717, 1.165) is 11.3 Å². The molecule has 0 saturated carbocycles. The van der Waals surface area contributed by atoms with E-state index in [0.29, 0.717) is 22.0 Å². The Morgan fingerprint density at radius 1 is 1.10 bits per heavy atom. The monoisotopic (exact) mass is 411 g/mol. The average Bonchev–Trinajstić information content (AvgIpc) is 3.22. The van der Waals surface area contributed by atoms with E-state index < -0.39 is 0 Å². The Morgan fingerprint density at radius 3 is 2.48 bits per heavy atom. The highest BCUT2D eigenvalue weighted by atomic mass is 35.5. The molecule has 2 N–H and O–H groups in total. The van der Waals surface area contributed by atoms with Gasteiger partial charge < -0.3 is 19.9 Å². The molecule has 0 radical (unpaired) electrons. The number of methoxy groups -OCH3 is 1. The van der Waals surface area contributed by atoms with Gasteiger partial charge in [-0.15, -0.1) is 0 Å². The molecule has 0 fully saturated rings. The number of carbonyl (C=O) groups is 2. The van der Waals surface area contributed by atoms with Crippen LogP contribution in [0.3, 0.4) is 0 Å². The topological polar surface area (TPSA) is 72.4 Å². The molecule has 7 heteroatoms. The Balaban J connectivity index is 1.83. The Morgan fingerprint density at radius 2 is 1.83 bits per heavy atom. The number of halogens is 1. The quantitative estimate of drug-likeness (QED) is 0.623. The minimum Gasteiger partial charge on any atom is -0.496 e. The highest BCUT2D eigenvalue weighted by Crippen LogP contribution is 2.30. The Bertz CT molecular complexity index is 1030. The smallest absolute Gasteiger partial charge is 0.255 e. The lowest BCUT2D eigenvalue weighted by Gasteiger charge is -2.18. The predicted molar refractivity (Wildman–Crippen MR) is 114 cm³/mol. The summed E-state index contributed by atoms with van der Waals surface area (Å²) >= 11 is 6.42. The second-order valence-electron chi connectivity index (χ2n) is 6.60. The van der Waals surface area contributed by atoms with Crippen molar-refractivity contribution in [3.8, 4) is 11.4 Å². The van der Waals surface area contributed by atoms with Gasteiger partial charge in [-0.05, 0) is 42.8 Å². The van der Waals surface area contributed by atoms with Crippen LogP contribution in [0.4, 0.5) is 5.69 Å². The van der Waals surface area contributed by atoms with E-state index >= 15 is 0 Å². The van der Waals surface area contributed by atoms with Crippen LogP contribution < -0.4 is 15.4 Å². The van der Waals surface area contributed by atoms with Crippen LogP contribution in [0, 0.1) is 0 Å². The second-order valence-corrected chi connectivity index (χ2v) is 7.00. The summed E-state index contributed by atoms with van der Waals surface area (Å²) in [6.07, 6.45) is 3.73. The number of nitrogens with one attached hydrogen (secondary N) is 2. The van der Waals surface area contributed by atoms with E-state index in [-0.39, 0.29) is 17.9 Å². The predicted octanol–water partition coefficient (Wildman–Crippen LogP) is 4.59. The van der Waals surface area contributed by atoms with Crippen molar-refractivity contribution >= 4 is 29.1 Å². The summed E-state index contributed by atoms with van der Waals surface area (Å²) in [6.45, 7) is 3.32. The van der Waals surface area contributed by atoms with Gasteiger partial charge in [-0.2, -0.15) is 0 Å². The fourth-order valence-electron chi connectivity index (χ4n) is 3.03. The minimum atomic E-state index is -0.305. The van der Waals surface area contributed by atoms with Crippen LogP contribution in [-0.4, -0.2) is 23.5 Å². The normalized spacial score (nSPS) is 11.6. The first kappa shape index (κ1) is 20.5. The molecule has 3 aromatic rings. The maximum absolute atomic E-state index is 12.9. The molecule has 0 aliphatic carbocycles. The summed E-state index contributed by atoms with van der Waals surface area (Å²) in [5, 5.41) is 6.13. The van der Waals surface area contributed by atoms with Crippen molar-refractivity contribution < 1.29 is 14.3 Å². The Labute approximate surface area is 174 Å². The second kappa shape index (κ2) is 8.84. The van der Waals surface area contributed by atoms with Crippen LogP contribution in [-0.2, 0) is 4.79 Å². The van der Waals surface area contributed by atoms with E-state index in [2.05, 4.69) is 10.6 Å². The molecule has 0 saturated heterocycles. The van der Waals surface area contributed by atoms with Gasteiger partial charge in [0.15, 0.2) is 0 Å². The molecular formula is C22H22ClN3O3. The standard InChI is InChI=1S/C22H22ClN3O3/c1-14(16-7-6-8-17(11-16)25-15(2)27)24-22(28)18-12-19(23)20(13-21(18)29-3)26-9-4-5-10-26/h4-14H,1-3H3,(H,24,28)(H,25,27). The van der Waals surface area contributed by atoms with Gasteiger partial charge in [0.2, 0.25) is 5.91 Å². The molecule has 0 aliphatic heterocycles. The van der Waals surface area contributed by atoms with Gasteiger partial charge in [-0.25, -0.2) is 0 Å². The number of nitrogens with zero attached hydrogens (tertiary/aromatic N) is 1. The average molecular weight is 412 g/mol. The number of rotatable bonds is 6. The maximum atomic E-state index is 12.9. The Hall–Kier alpha value is -3.25. The third-order valence-electron chi connectivity index (χ3n) is 4.45. The largest absolute Gasteiger partial charge is 0.496 e. The van der Waals surface area contributed by atoms with Gasteiger partial charge in [-0.1, -0.05) is 23.7 Å². The Kier molecular flexibility index (Phi) is 6.24. The maximum Gasteiger partial charge on any atom is 0.255 e. The lowest BCUT2D eigenvalue weighted by Crippen LogP contribution is -2.27. The summed E-state index contributed by atoms with van der Waals surface area (Å²) in [4.78, 5) is 24.2. The van der Waals surface area contributed by atoms with Crippen LogP contribution in [0.5, 0.6) is 5.75 Å². The number of hydrogen-bond donors (Lipinski definition) is 2. The number of anilines is 1. The van der Waals surface area contributed by atoms with Crippen LogP contribution in [0.25, 0.3) is 5.69 Å². The molecule has 2 amide bonds. The molecule has 0 aliphatic rings. The van der Waals surface area contributed by atoms with Crippen molar-refractivity contribution in [2.24, 2.45) is 0 Å². The van der Waals surface area contributed by atoms with Gasteiger partial charge in [0.05, 0.1) is 29.4 Å². The van der Waals surface area contributed by atoms with Crippen LogP contribution in [0.15, 0.2) is 60.9 Å². The molecule has 1 aromatic heterocycles. The van der Waals surface area contributed by atoms with E-state index in [1.165, 1.54) is 14.0 Å². The molecule has 29 heavy (non-hydrogen) atoms. The van der Waals surface area contributed by atoms with Crippen LogP contribution in [0.1, 0.15) is 35.8 Å². The zero-order valence-electron chi connectivity index (χ0n) is 16.4. The number of amides is 2. The van der Waals surface area contributed by atoms with Gasteiger partial charge in [0.1, 0.15) is 5.75 Å². The molecule has 2 aromatic carbocycles. The number of carbonyl (C=O) groups excluding carboxylic acids is 2. The van der Waals surface area contributed by atoms with E-state index in [9.17, 15) is 9.59 Å². The van der Waals surface area contributed by atoms with Crippen LogP contribution in [0.2, 0.25) is 5.02 Å². The molecule has 1 unspecified atom stereocenters. The van der Waals surface area contributed by atoms with Crippen LogP contribution >= 0.6 is 11.6 Å². The summed E-state index contributed by atoms with van der Waals surface area (Å²) in [7, 11) is 1.51. The van der Waals surface area contributed by atoms with Gasteiger partial charge in [0.25, 0.3) is 5.91 Å². The lowest BCUT2D eigenvalue weighted by atomic mass is 10.1. The molecule has 3 rings (SSSR count). The van der Waals surface area contributed by atoms with Gasteiger partial charge >= 0.3 is 0 Å². The first-order valence-electron chi connectivity index (χ1n) is 9.08. The SMILES string of the molecule is COc1cc(-n2cccc2)c(Cl)cc1C(=O)NC(C)c1cccc(NC(C)=O)c1. The fraction of sp³-hybridized carbons (Fsp3) is 0.182. The molecule has 6 nitrogen and oxygen atoms in total. The zero-order valence-corrected chi connectivity index (χ0v) is 17.2. The highest BCUT2D eigenvalue weighted by molar-refractivity contribution is 6.33.